The number of fused-ring (bicyclic) bond motifs is 3. The molecule has 5 nitrogen and oxygen atoms in total. The number of hydrogen-bond donors (Lipinski definition) is 2. The largest absolute Gasteiger partial charge is 0.452 e. The number of anilines is 1. The molecule has 2 aromatic carbocycles. The minimum atomic E-state index is -0.590. The Labute approximate surface area is 161 Å². The highest BCUT2D eigenvalue weighted by Crippen LogP contribution is 2.32. The van der Waals surface area contributed by atoms with Crippen LogP contribution in [0.15, 0.2) is 42.5 Å². The van der Waals surface area contributed by atoms with Crippen LogP contribution < -0.4 is 5.32 Å². The second kappa shape index (κ2) is 7.46. The lowest BCUT2D eigenvalue weighted by Crippen LogP contribution is -2.21. The van der Waals surface area contributed by atoms with E-state index in [0.717, 1.165) is 30.2 Å². The molecule has 0 aliphatic heterocycles. The molecule has 3 aromatic rings. The zero-order chi connectivity index (χ0) is 19.7. The van der Waals surface area contributed by atoms with E-state index in [9.17, 15) is 14.0 Å². The summed E-state index contributed by atoms with van der Waals surface area (Å²) >= 11 is 0. The lowest BCUT2D eigenvalue weighted by molar-refractivity contribution is -0.119. The number of ether oxygens (including phenoxy) is 1. The summed E-state index contributed by atoms with van der Waals surface area (Å²) in [6.07, 6.45) is 3.16. The molecule has 1 aromatic heterocycles. The van der Waals surface area contributed by atoms with Gasteiger partial charge in [0.2, 0.25) is 0 Å². The first kappa shape index (κ1) is 18.2. The van der Waals surface area contributed by atoms with Gasteiger partial charge in [0.1, 0.15) is 5.82 Å². The Hall–Kier alpha value is -3.15. The Morgan fingerprint density at radius 2 is 2.07 bits per heavy atom. The Balaban J connectivity index is 1.45. The van der Waals surface area contributed by atoms with Crippen molar-refractivity contribution in [3.05, 3.63) is 65.1 Å². The molecule has 28 heavy (non-hydrogen) atoms. The van der Waals surface area contributed by atoms with E-state index in [1.807, 2.05) is 12.1 Å². The summed E-state index contributed by atoms with van der Waals surface area (Å²) < 4.78 is 18.7. The number of carbonyl (C=O) groups excluding carboxylic acids is 2. The number of para-hydroxylation sites is 1. The summed E-state index contributed by atoms with van der Waals surface area (Å²) in [6, 6.07) is 11.2. The van der Waals surface area contributed by atoms with E-state index in [-0.39, 0.29) is 5.69 Å². The van der Waals surface area contributed by atoms with Crippen LogP contribution in [0.5, 0.6) is 0 Å². The zero-order valence-electron chi connectivity index (χ0n) is 15.5. The SMILES string of the molecule is CC1CCc2[nH]c3ccc(C(=O)OCC(=O)Nc4ccccc4F)cc3c2C1. The van der Waals surface area contributed by atoms with Crippen LogP contribution in [-0.4, -0.2) is 23.5 Å². The summed E-state index contributed by atoms with van der Waals surface area (Å²) in [5.74, 6) is -1.10. The minimum Gasteiger partial charge on any atom is -0.452 e. The standard InChI is InChI=1S/C22H21FN2O3/c1-13-6-8-18-15(10-13)16-11-14(7-9-19(16)24-18)22(27)28-12-21(26)25-20-5-3-2-4-17(20)23/h2-5,7,9,11,13,24H,6,8,10,12H2,1H3,(H,25,26). The number of esters is 1. The molecule has 1 aliphatic carbocycles. The molecule has 6 heteroatoms. The number of aromatic amines is 1. The van der Waals surface area contributed by atoms with Crippen molar-refractivity contribution in [2.45, 2.75) is 26.2 Å². The maximum absolute atomic E-state index is 13.6. The van der Waals surface area contributed by atoms with Gasteiger partial charge in [-0.2, -0.15) is 0 Å². The molecule has 0 saturated carbocycles. The molecule has 1 aliphatic rings. The average Bonchev–Trinajstić information content (AvgIpc) is 3.05. The third kappa shape index (κ3) is 3.63. The van der Waals surface area contributed by atoms with E-state index in [1.54, 1.807) is 12.1 Å². The number of rotatable bonds is 4. The van der Waals surface area contributed by atoms with Gasteiger partial charge in [-0.05, 0) is 61.1 Å². The van der Waals surface area contributed by atoms with Gasteiger partial charge in [0.25, 0.3) is 5.91 Å². The van der Waals surface area contributed by atoms with Crippen LogP contribution in [0, 0.1) is 11.7 Å². The molecule has 1 heterocycles. The van der Waals surface area contributed by atoms with Crippen molar-refractivity contribution in [1.29, 1.82) is 0 Å². The van der Waals surface area contributed by atoms with Crippen molar-refractivity contribution in [3.63, 3.8) is 0 Å². The van der Waals surface area contributed by atoms with Gasteiger partial charge in [0.05, 0.1) is 11.3 Å². The molecule has 144 valence electrons. The number of nitrogens with one attached hydrogen (secondary N) is 2. The number of H-pyrrole nitrogens is 1. The van der Waals surface area contributed by atoms with E-state index in [2.05, 4.69) is 17.2 Å². The minimum absolute atomic E-state index is 0.0537. The molecule has 0 spiro atoms. The second-order valence-electron chi connectivity index (χ2n) is 7.29. The Bertz CT molecular complexity index is 1060. The summed E-state index contributed by atoms with van der Waals surface area (Å²) in [5, 5.41) is 3.43. The molecule has 1 amide bonds. The van der Waals surface area contributed by atoms with Crippen LogP contribution in [0.25, 0.3) is 10.9 Å². The molecular formula is C22H21FN2O3. The Kier molecular flexibility index (Phi) is 4.86. The van der Waals surface area contributed by atoms with Crippen LogP contribution in [0.1, 0.15) is 35.0 Å². The van der Waals surface area contributed by atoms with E-state index < -0.39 is 24.3 Å². The van der Waals surface area contributed by atoms with Crippen LogP contribution >= 0.6 is 0 Å². The van der Waals surface area contributed by atoms with Gasteiger partial charge in [-0.1, -0.05) is 19.1 Å². The van der Waals surface area contributed by atoms with Crippen molar-refractivity contribution < 1.29 is 18.7 Å². The van der Waals surface area contributed by atoms with Crippen molar-refractivity contribution in [1.82, 2.24) is 4.98 Å². The van der Waals surface area contributed by atoms with E-state index in [4.69, 9.17) is 4.74 Å². The third-order valence-electron chi connectivity index (χ3n) is 5.15. The summed E-state index contributed by atoms with van der Waals surface area (Å²) in [4.78, 5) is 27.8. The van der Waals surface area contributed by atoms with Gasteiger partial charge in [-0.15, -0.1) is 0 Å². The first-order chi connectivity index (χ1) is 13.5. The predicted molar refractivity (Wildman–Crippen MR) is 105 cm³/mol. The second-order valence-corrected chi connectivity index (χ2v) is 7.29. The van der Waals surface area contributed by atoms with Crippen LogP contribution in [0.2, 0.25) is 0 Å². The number of hydrogen-bond acceptors (Lipinski definition) is 3. The first-order valence-electron chi connectivity index (χ1n) is 9.36. The highest BCUT2D eigenvalue weighted by Gasteiger charge is 2.21. The smallest absolute Gasteiger partial charge is 0.338 e. The fraction of sp³-hybridized carbons (Fsp3) is 0.273. The highest BCUT2D eigenvalue weighted by atomic mass is 19.1. The molecule has 0 saturated heterocycles. The van der Waals surface area contributed by atoms with Crippen LogP contribution in [0.3, 0.4) is 0 Å². The monoisotopic (exact) mass is 380 g/mol. The molecule has 4 rings (SSSR count). The van der Waals surface area contributed by atoms with Gasteiger partial charge in [-0.25, -0.2) is 9.18 Å². The van der Waals surface area contributed by atoms with Gasteiger partial charge in [0.15, 0.2) is 6.61 Å². The van der Waals surface area contributed by atoms with Crippen molar-refractivity contribution >= 4 is 28.5 Å². The van der Waals surface area contributed by atoms with Crippen LogP contribution in [-0.2, 0) is 22.4 Å². The Morgan fingerprint density at radius 1 is 1.25 bits per heavy atom. The fourth-order valence-electron chi connectivity index (χ4n) is 3.68. The van der Waals surface area contributed by atoms with Gasteiger partial charge in [0, 0.05) is 16.6 Å². The maximum atomic E-state index is 13.6. The number of aromatic nitrogens is 1. The number of aryl methyl sites for hydroxylation is 1. The predicted octanol–water partition coefficient (Wildman–Crippen LogP) is 4.23. The average molecular weight is 380 g/mol. The van der Waals surface area contributed by atoms with Crippen LogP contribution in [0.4, 0.5) is 10.1 Å². The summed E-state index contributed by atoms with van der Waals surface area (Å²) in [5.41, 5.74) is 3.96. The molecule has 2 N–H and O–H groups in total. The molecule has 0 radical (unpaired) electrons. The summed E-state index contributed by atoms with van der Waals surface area (Å²) in [7, 11) is 0. The molecule has 0 fully saturated rings. The maximum Gasteiger partial charge on any atom is 0.338 e. The van der Waals surface area contributed by atoms with Gasteiger partial charge < -0.3 is 15.0 Å². The number of benzene rings is 2. The van der Waals surface area contributed by atoms with E-state index >= 15 is 0 Å². The molecule has 1 unspecified atom stereocenters. The molecular weight excluding hydrogens is 359 g/mol. The van der Waals surface area contributed by atoms with Gasteiger partial charge >= 0.3 is 5.97 Å². The fourth-order valence-corrected chi connectivity index (χ4v) is 3.68. The van der Waals surface area contributed by atoms with E-state index in [1.165, 1.54) is 29.5 Å². The third-order valence-corrected chi connectivity index (χ3v) is 5.15. The van der Waals surface area contributed by atoms with E-state index in [0.29, 0.717) is 11.5 Å². The quantitative estimate of drug-likeness (QED) is 0.666. The molecule has 0 bridgehead atoms. The summed E-state index contributed by atoms with van der Waals surface area (Å²) in [6.45, 7) is 1.75. The number of halogens is 1. The first-order valence-corrected chi connectivity index (χ1v) is 9.36. The number of carbonyl (C=O) groups is 2. The topological polar surface area (TPSA) is 71.2 Å². The number of amides is 1. The van der Waals surface area contributed by atoms with Gasteiger partial charge in [-0.3, -0.25) is 4.79 Å². The molecule has 1 atom stereocenters. The van der Waals surface area contributed by atoms with Crippen molar-refractivity contribution in [2.24, 2.45) is 5.92 Å². The normalized spacial score (nSPS) is 15.9. The Morgan fingerprint density at radius 3 is 2.89 bits per heavy atom. The van der Waals surface area contributed by atoms with Crippen molar-refractivity contribution in [3.8, 4) is 0 Å². The highest BCUT2D eigenvalue weighted by molar-refractivity contribution is 5.98. The lowest BCUT2D eigenvalue weighted by atomic mass is 9.87. The zero-order valence-corrected chi connectivity index (χ0v) is 15.5. The lowest BCUT2D eigenvalue weighted by Gasteiger charge is -2.18. The van der Waals surface area contributed by atoms with Crippen molar-refractivity contribution in [2.75, 3.05) is 11.9 Å².